The van der Waals surface area contributed by atoms with Gasteiger partial charge in [0.1, 0.15) is 5.75 Å². The molecule has 0 saturated carbocycles. The lowest BCUT2D eigenvalue weighted by atomic mass is 10.2. The summed E-state index contributed by atoms with van der Waals surface area (Å²) >= 11 is 0. The highest BCUT2D eigenvalue weighted by Crippen LogP contribution is 2.13. The Morgan fingerprint density at radius 2 is 2.12 bits per heavy atom. The zero-order chi connectivity index (χ0) is 11.6. The largest absolute Gasteiger partial charge is 0.494 e. The minimum absolute atomic E-state index is 0.504. The maximum Gasteiger partial charge on any atom is 0.119 e. The van der Waals surface area contributed by atoms with Crippen molar-refractivity contribution in [2.24, 2.45) is 5.11 Å². The zero-order valence-corrected chi connectivity index (χ0v) is 9.34. The van der Waals surface area contributed by atoms with Crippen molar-refractivity contribution in [3.8, 4) is 5.75 Å². The molecule has 0 spiro atoms. The van der Waals surface area contributed by atoms with Crippen molar-refractivity contribution in [3.05, 3.63) is 46.3 Å². The van der Waals surface area contributed by atoms with Gasteiger partial charge in [-0.25, -0.2) is 0 Å². The van der Waals surface area contributed by atoms with Gasteiger partial charge in [0.2, 0.25) is 0 Å². The molecule has 0 radical (unpaired) electrons. The van der Waals surface area contributed by atoms with E-state index in [2.05, 4.69) is 10.0 Å². The lowest BCUT2D eigenvalue weighted by molar-refractivity contribution is 0.340. The van der Waals surface area contributed by atoms with Crippen LogP contribution >= 0.6 is 0 Å². The Bertz CT molecular complexity index is 378. The Hall–Kier alpha value is -1.93. The van der Waals surface area contributed by atoms with Crippen molar-refractivity contribution in [1.82, 2.24) is 0 Å². The van der Waals surface area contributed by atoms with E-state index in [-0.39, 0.29) is 0 Å². The molecule has 1 rings (SSSR count). The second-order valence-corrected chi connectivity index (χ2v) is 3.15. The fourth-order valence-electron chi connectivity index (χ4n) is 1.24. The fraction of sp³-hybridized carbons (Fsp3) is 0.333. The molecule has 16 heavy (non-hydrogen) atoms. The van der Waals surface area contributed by atoms with E-state index in [0.717, 1.165) is 17.7 Å². The highest BCUT2D eigenvalue weighted by Gasteiger charge is 1.90. The van der Waals surface area contributed by atoms with Gasteiger partial charge in [0.15, 0.2) is 0 Å². The Labute approximate surface area is 95.2 Å². The van der Waals surface area contributed by atoms with Gasteiger partial charge in [-0.15, -0.1) is 0 Å². The van der Waals surface area contributed by atoms with Crippen LogP contribution in [0.25, 0.3) is 16.5 Å². The number of hydrogen-bond donors (Lipinski definition) is 0. The van der Waals surface area contributed by atoms with Crippen molar-refractivity contribution in [2.75, 3.05) is 13.2 Å². The molecule has 4 heteroatoms. The molecule has 0 aliphatic heterocycles. The number of benzene rings is 1. The van der Waals surface area contributed by atoms with Crippen LogP contribution in [-0.2, 0) is 0 Å². The first-order valence-electron chi connectivity index (χ1n) is 5.27. The van der Waals surface area contributed by atoms with E-state index >= 15 is 0 Å². The van der Waals surface area contributed by atoms with E-state index < -0.39 is 0 Å². The summed E-state index contributed by atoms with van der Waals surface area (Å²) in [6.07, 6.45) is 4.75. The van der Waals surface area contributed by atoms with Gasteiger partial charge in [-0.2, -0.15) is 0 Å². The van der Waals surface area contributed by atoms with Gasteiger partial charge < -0.3 is 4.74 Å². The second-order valence-electron chi connectivity index (χ2n) is 3.15. The lowest BCUT2D eigenvalue weighted by Gasteiger charge is -2.02. The standard InChI is InChI=1S/C12H15N3O/c1-2-16-12-8-6-11(7-9-12)5-3-4-10-14-15-13/h3,5-9H,2,4,10H2,1H3. The molecule has 0 aromatic heterocycles. The van der Waals surface area contributed by atoms with Crippen molar-refractivity contribution in [1.29, 1.82) is 0 Å². The zero-order valence-electron chi connectivity index (χ0n) is 9.34. The smallest absolute Gasteiger partial charge is 0.119 e. The SMILES string of the molecule is CCOc1ccc(C=CCCN=[N+]=[N-])cc1. The van der Waals surface area contributed by atoms with Crippen molar-refractivity contribution in [3.63, 3.8) is 0 Å². The quantitative estimate of drug-likeness (QED) is 0.309. The first-order chi connectivity index (χ1) is 7.86. The molecule has 1 aromatic carbocycles. The van der Waals surface area contributed by atoms with Gasteiger partial charge >= 0.3 is 0 Å². The molecule has 0 atom stereocenters. The molecular weight excluding hydrogens is 202 g/mol. The van der Waals surface area contributed by atoms with Gasteiger partial charge in [0.25, 0.3) is 0 Å². The summed E-state index contributed by atoms with van der Waals surface area (Å²) in [5.41, 5.74) is 9.20. The first-order valence-corrected chi connectivity index (χ1v) is 5.27. The predicted molar refractivity (Wildman–Crippen MR) is 65.3 cm³/mol. The Morgan fingerprint density at radius 3 is 2.75 bits per heavy atom. The number of rotatable bonds is 6. The van der Waals surface area contributed by atoms with Crippen molar-refractivity contribution < 1.29 is 4.74 Å². The normalized spacial score (nSPS) is 10.1. The van der Waals surface area contributed by atoms with E-state index in [1.807, 2.05) is 43.3 Å². The molecule has 4 nitrogen and oxygen atoms in total. The molecule has 84 valence electrons. The third-order valence-electron chi connectivity index (χ3n) is 1.96. The van der Waals surface area contributed by atoms with E-state index in [9.17, 15) is 0 Å². The fourth-order valence-corrected chi connectivity index (χ4v) is 1.24. The third-order valence-corrected chi connectivity index (χ3v) is 1.96. The van der Waals surface area contributed by atoms with Gasteiger partial charge in [0.05, 0.1) is 6.61 Å². The molecule has 0 N–H and O–H groups in total. The van der Waals surface area contributed by atoms with Gasteiger partial charge in [-0.3, -0.25) is 0 Å². The van der Waals surface area contributed by atoms with E-state index in [4.69, 9.17) is 10.3 Å². The molecular formula is C12H15N3O. The average molecular weight is 217 g/mol. The highest BCUT2D eigenvalue weighted by molar-refractivity contribution is 5.50. The monoisotopic (exact) mass is 217 g/mol. The summed E-state index contributed by atoms with van der Waals surface area (Å²) < 4.78 is 5.34. The minimum atomic E-state index is 0.504. The summed E-state index contributed by atoms with van der Waals surface area (Å²) in [5.74, 6) is 0.883. The van der Waals surface area contributed by atoms with Gasteiger partial charge in [-0.05, 0) is 36.6 Å². The average Bonchev–Trinajstić information content (AvgIpc) is 2.31. The van der Waals surface area contributed by atoms with Crippen LogP contribution in [-0.4, -0.2) is 13.2 Å². The topological polar surface area (TPSA) is 58.0 Å². The molecule has 0 heterocycles. The summed E-state index contributed by atoms with van der Waals surface area (Å²) in [7, 11) is 0. The number of nitrogens with zero attached hydrogens (tertiary/aromatic N) is 3. The van der Waals surface area contributed by atoms with Crippen molar-refractivity contribution >= 4 is 6.08 Å². The molecule has 0 bridgehead atoms. The molecule has 1 aromatic rings. The van der Waals surface area contributed by atoms with Crippen LogP contribution < -0.4 is 4.74 Å². The molecule has 0 unspecified atom stereocenters. The number of azide groups is 1. The van der Waals surface area contributed by atoms with Crippen LogP contribution in [0.2, 0.25) is 0 Å². The van der Waals surface area contributed by atoms with E-state index in [1.54, 1.807) is 0 Å². The number of ether oxygens (including phenoxy) is 1. The first kappa shape index (κ1) is 12.1. The highest BCUT2D eigenvalue weighted by atomic mass is 16.5. The van der Waals surface area contributed by atoms with Gasteiger partial charge in [0, 0.05) is 11.5 Å². The summed E-state index contributed by atoms with van der Waals surface area (Å²) in [4.78, 5) is 2.69. The number of hydrogen-bond acceptors (Lipinski definition) is 2. The molecule has 0 aliphatic carbocycles. The summed E-state index contributed by atoms with van der Waals surface area (Å²) in [6, 6.07) is 7.87. The maximum atomic E-state index is 8.08. The van der Waals surface area contributed by atoms with Crippen LogP contribution in [0.5, 0.6) is 5.75 Å². The van der Waals surface area contributed by atoms with Crippen LogP contribution in [0, 0.1) is 0 Å². The summed E-state index contributed by atoms with van der Waals surface area (Å²) in [6.45, 7) is 3.15. The van der Waals surface area contributed by atoms with E-state index in [1.165, 1.54) is 0 Å². The Kier molecular flexibility index (Phi) is 5.59. The molecule has 0 amide bonds. The minimum Gasteiger partial charge on any atom is -0.494 e. The van der Waals surface area contributed by atoms with E-state index in [0.29, 0.717) is 13.2 Å². The van der Waals surface area contributed by atoms with Crippen LogP contribution in [0.15, 0.2) is 35.5 Å². The molecule has 0 saturated heterocycles. The lowest BCUT2D eigenvalue weighted by Crippen LogP contribution is -1.90. The second kappa shape index (κ2) is 7.37. The van der Waals surface area contributed by atoms with Crippen LogP contribution in [0.4, 0.5) is 0 Å². The molecule has 0 aliphatic rings. The van der Waals surface area contributed by atoms with Gasteiger partial charge in [-0.1, -0.05) is 29.4 Å². The molecule has 0 fully saturated rings. The van der Waals surface area contributed by atoms with Crippen molar-refractivity contribution in [2.45, 2.75) is 13.3 Å². The Morgan fingerprint density at radius 1 is 1.38 bits per heavy atom. The summed E-state index contributed by atoms with van der Waals surface area (Å²) in [5, 5.41) is 3.45. The maximum absolute atomic E-state index is 8.08. The van der Waals surface area contributed by atoms with Crippen LogP contribution in [0.3, 0.4) is 0 Å². The third kappa shape index (κ3) is 4.53. The Balaban J connectivity index is 2.44. The predicted octanol–water partition coefficient (Wildman–Crippen LogP) is 3.80. The van der Waals surface area contributed by atoms with Crippen LogP contribution in [0.1, 0.15) is 18.9 Å².